The number of carbonyl (C=O) groups excluding carboxylic acids is 3. The summed E-state index contributed by atoms with van der Waals surface area (Å²) in [5.41, 5.74) is 1.63. The molecule has 0 bridgehead atoms. The first-order chi connectivity index (χ1) is 14.5. The third-order valence-electron chi connectivity index (χ3n) is 4.40. The highest BCUT2D eigenvalue weighted by Gasteiger charge is 2.34. The molecule has 0 unspecified atom stereocenters. The van der Waals surface area contributed by atoms with Gasteiger partial charge in [0.1, 0.15) is 5.01 Å². The highest BCUT2D eigenvalue weighted by Crippen LogP contribution is 2.23. The van der Waals surface area contributed by atoms with Crippen LogP contribution in [0.3, 0.4) is 0 Å². The average molecular weight is 439 g/mol. The van der Waals surface area contributed by atoms with Gasteiger partial charge in [0, 0.05) is 24.1 Å². The van der Waals surface area contributed by atoms with Crippen molar-refractivity contribution < 1.29 is 14.4 Å². The van der Waals surface area contributed by atoms with E-state index >= 15 is 0 Å². The molecule has 30 heavy (non-hydrogen) atoms. The first-order valence-electron chi connectivity index (χ1n) is 9.03. The number of imide groups is 1. The lowest BCUT2D eigenvalue weighted by molar-refractivity contribution is -0.111. The van der Waals surface area contributed by atoms with Crippen molar-refractivity contribution in [3.63, 3.8) is 0 Å². The summed E-state index contributed by atoms with van der Waals surface area (Å²) < 4.78 is 0. The highest BCUT2D eigenvalue weighted by molar-refractivity contribution is 7.15. The zero-order chi connectivity index (χ0) is 21.1. The summed E-state index contributed by atoms with van der Waals surface area (Å²) in [5.74, 6) is -0.961. The lowest BCUT2D eigenvalue weighted by atomic mass is 10.1. The minimum atomic E-state index is -0.349. The molecule has 150 valence electrons. The highest BCUT2D eigenvalue weighted by atomic mass is 35.5. The fourth-order valence-corrected chi connectivity index (χ4v) is 3.91. The zero-order valence-corrected chi connectivity index (χ0v) is 17.1. The number of amides is 3. The van der Waals surface area contributed by atoms with Crippen LogP contribution < -0.4 is 5.32 Å². The van der Waals surface area contributed by atoms with Crippen molar-refractivity contribution in [3.05, 3.63) is 81.3 Å². The van der Waals surface area contributed by atoms with E-state index in [-0.39, 0.29) is 24.3 Å². The first-order valence-corrected chi connectivity index (χ1v) is 10.2. The van der Waals surface area contributed by atoms with E-state index in [1.165, 1.54) is 22.3 Å². The zero-order valence-electron chi connectivity index (χ0n) is 15.5. The lowest BCUT2D eigenvalue weighted by Gasteiger charge is -2.11. The van der Waals surface area contributed by atoms with Gasteiger partial charge in [-0.25, -0.2) is 0 Å². The number of hydrogen-bond acceptors (Lipinski definition) is 6. The fraction of sp³-hybridized carbons (Fsp3) is 0.0952. The van der Waals surface area contributed by atoms with Crippen molar-refractivity contribution in [2.75, 3.05) is 11.9 Å². The molecule has 0 aliphatic carbocycles. The summed E-state index contributed by atoms with van der Waals surface area (Å²) in [4.78, 5) is 38.1. The van der Waals surface area contributed by atoms with E-state index in [9.17, 15) is 14.4 Å². The third kappa shape index (κ3) is 4.29. The van der Waals surface area contributed by atoms with Crippen LogP contribution in [0.4, 0.5) is 5.13 Å². The van der Waals surface area contributed by atoms with E-state index in [1.807, 2.05) is 6.07 Å². The number of carbonyl (C=O) groups is 3. The molecule has 1 aliphatic heterocycles. The number of nitrogens with zero attached hydrogens (tertiary/aromatic N) is 3. The van der Waals surface area contributed by atoms with Crippen molar-refractivity contribution >= 4 is 51.9 Å². The molecule has 0 radical (unpaired) electrons. The van der Waals surface area contributed by atoms with Crippen molar-refractivity contribution in [1.29, 1.82) is 0 Å². The Balaban J connectivity index is 1.33. The Bertz CT molecular complexity index is 1140. The summed E-state index contributed by atoms with van der Waals surface area (Å²) in [6.07, 6.45) is 3.38. The predicted molar refractivity (Wildman–Crippen MR) is 115 cm³/mol. The fourth-order valence-electron chi connectivity index (χ4n) is 2.98. The number of fused-ring (bicyclic) bond motifs is 1. The van der Waals surface area contributed by atoms with E-state index in [0.29, 0.717) is 32.7 Å². The topological polar surface area (TPSA) is 92.3 Å². The molecule has 0 fully saturated rings. The molecule has 2 heterocycles. The Morgan fingerprint density at radius 1 is 1.07 bits per heavy atom. The van der Waals surface area contributed by atoms with Crippen LogP contribution in [0.5, 0.6) is 0 Å². The Morgan fingerprint density at radius 2 is 1.80 bits per heavy atom. The van der Waals surface area contributed by atoms with Crippen LogP contribution in [0.15, 0.2) is 54.6 Å². The Labute approximate surface area is 181 Å². The molecule has 9 heteroatoms. The van der Waals surface area contributed by atoms with Crippen LogP contribution in [-0.4, -0.2) is 39.4 Å². The second-order valence-corrected chi connectivity index (χ2v) is 7.93. The molecule has 0 spiro atoms. The van der Waals surface area contributed by atoms with E-state index in [0.717, 1.165) is 5.56 Å². The minimum Gasteiger partial charge on any atom is -0.297 e. The van der Waals surface area contributed by atoms with Gasteiger partial charge in [0.15, 0.2) is 0 Å². The van der Waals surface area contributed by atoms with Crippen molar-refractivity contribution in [1.82, 2.24) is 15.1 Å². The van der Waals surface area contributed by atoms with Crippen LogP contribution in [0.25, 0.3) is 6.08 Å². The normalized spacial score (nSPS) is 13.2. The monoisotopic (exact) mass is 438 g/mol. The summed E-state index contributed by atoms with van der Waals surface area (Å²) in [5, 5.41) is 12.1. The van der Waals surface area contributed by atoms with Gasteiger partial charge in [-0.1, -0.05) is 47.2 Å². The molecule has 2 aromatic carbocycles. The van der Waals surface area contributed by atoms with Crippen molar-refractivity contribution in [2.24, 2.45) is 0 Å². The van der Waals surface area contributed by atoms with Crippen LogP contribution >= 0.6 is 22.9 Å². The lowest BCUT2D eigenvalue weighted by Crippen LogP contribution is -2.31. The van der Waals surface area contributed by atoms with Gasteiger partial charge in [-0.2, -0.15) is 0 Å². The summed E-state index contributed by atoms with van der Waals surface area (Å²) >= 11 is 7.11. The largest absolute Gasteiger partial charge is 0.297 e. The number of hydrogen-bond donors (Lipinski definition) is 1. The SMILES string of the molecule is O=C(/C=C/c1cccc(Cl)c1)Nc1nnc(CCN2C(=O)c3ccccc3C2=O)s1. The third-order valence-corrected chi connectivity index (χ3v) is 5.53. The minimum absolute atomic E-state index is 0.198. The molecule has 4 rings (SSSR count). The van der Waals surface area contributed by atoms with E-state index in [1.54, 1.807) is 48.5 Å². The average Bonchev–Trinajstić information content (AvgIpc) is 3.28. The van der Waals surface area contributed by atoms with Gasteiger partial charge in [-0.15, -0.1) is 10.2 Å². The first kappa shape index (κ1) is 19.9. The molecule has 0 saturated heterocycles. The van der Waals surface area contributed by atoms with Crippen molar-refractivity contribution in [3.8, 4) is 0 Å². The van der Waals surface area contributed by atoms with Gasteiger partial charge in [0.25, 0.3) is 11.8 Å². The second-order valence-electron chi connectivity index (χ2n) is 6.44. The van der Waals surface area contributed by atoms with Gasteiger partial charge in [-0.3, -0.25) is 24.6 Å². The Kier molecular flexibility index (Phi) is 5.69. The van der Waals surface area contributed by atoms with Gasteiger partial charge in [-0.05, 0) is 35.9 Å². The predicted octanol–water partition coefficient (Wildman–Crippen LogP) is 3.68. The summed E-state index contributed by atoms with van der Waals surface area (Å²) in [6.45, 7) is 0.198. The summed E-state index contributed by atoms with van der Waals surface area (Å²) in [6, 6.07) is 13.9. The molecule has 0 saturated carbocycles. The quantitative estimate of drug-likeness (QED) is 0.468. The second kappa shape index (κ2) is 8.56. The maximum Gasteiger partial charge on any atom is 0.261 e. The number of aromatic nitrogens is 2. The number of anilines is 1. The number of halogens is 1. The smallest absolute Gasteiger partial charge is 0.261 e. The Hall–Kier alpha value is -3.36. The molecular weight excluding hydrogens is 424 g/mol. The van der Waals surface area contributed by atoms with Crippen LogP contribution in [0.2, 0.25) is 5.02 Å². The van der Waals surface area contributed by atoms with Gasteiger partial charge in [0.05, 0.1) is 11.1 Å². The van der Waals surface area contributed by atoms with E-state index in [4.69, 9.17) is 11.6 Å². The van der Waals surface area contributed by atoms with E-state index < -0.39 is 0 Å². The van der Waals surface area contributed by atoms with Gasteiger partial charge >= 0.3 is 0 Å². The molecule has 7 nitrogen and oxygen atoms in total. The van der Waals surface area contributed by atoms with Gasteiger partial charge < -0.3 is 0 Å². The molecule has 1 N–H and O–H groups in total. The van der Waals surface area contributed by atoms with Crippen LogP contribution in [0.1, 0.15) is 31.3 Å². The van der Waals surface area contributed by atoms with Crippen molar-refractivity contribution in [2.45, 2.75) is 6.42 Å². The maximum atomic E-state index is 12.4. The van der Waals surface area contributed by atoms with Crippen LogP contribution in [-0.2, 0) is 11.2 Å². The van der Waals surface area contributed by atoms with Gasteiger partial charge in [0.2, 0.25) is 11.0 Å². The molecule has 3 amide bonds. The Morgan fingerprint density at radius 3 is 2.50 bits per heavy atom. The number of benzene rings is 2. The molecule has 1 aliphatic rings. The van der Waals surface area contributed by atoms with Crippen LogP contribution in [0, 0.1) is 0 Å². The molecule has 3 aromatic rings. The molecule has 1 aromatic heterocycles. The number of nitrogens with one attached hydrogen (secondary N) is 1. The molecular formula is C21H15ClN4O3S. The standard InChI is InChI=1S/C21H15ClN4O3S/c22-14-5-3-4-13(12-14)8-9-17(27)23-21-25-24-18(30-21)10-11-26-19(28)15-6-1-2-7-16(15)20(26)29/h1-9,12H,10-11H2,(H,23,25,27)/b9-8+. The van der Waals surface area contributed by atoms with E-state index in [2.05, 4.69) is 15.5 Å². The summed E-state index contributed by atoms with van der Waals surface area (Å²) in [7, 11) is 0. The maximum absolute atomic E-state index is 12.4. The molecule has 0 atom stereocenters. The number of rotatable bonds is 6.